The molecule has 0 aliphatic rings. The van der Waals surface area contributed by atoms with Gasteiger partial charge in [-0.05, 0) is 53.6 Å². The second-order valence-electron chi connectivity index (χ2n) is 4.89. The van der Waals surface area contributed by atoms with E-state index in [0.717, 1.165) is 22.4 Å². The summed E-state index contributed by atoms with van der Waals surface area (Å²) in [5.74, 6) is 0.618. The van der Waals surface area contributed by atoms with Gasteiger partial charge in [-0.2, -0.15) is 4.68 Å². The van der Waals surface area contributed by atoms with Gasteiger partial charge in [-0.15, -0.1) is 5.10 Å². The average Bonchev–Trinajstić information content (AvgIpc) is 2.93. The highest BCUT2D eigenvalue weighted by molar-refractivity contribution is 6.32. The van der Waals surface area contributed by atoms with Crippen LogP contribution in [0.3, 0.4) is 0 Å². The summed E-state index contributed by atoms with van der Waals surface area (Å²) < 4.78 is 1.64. The van der Waals surface area contributed by atoms with E-state index in [1.807, 2.05) is 50.2 Å². The number of aromatic nitrogens is 4. The molecule has 0 atom stereocenters. The summed E-state index contributed by atoms with van der Waals surface area (Å²) in [6, 6.07) is 11.4. The molecule has 6 heteroatoms. The molecular formula is C15H14ClN5. The van der Waals surface area contributed by atoms with Crippen LogP contribution in [0.15, 0.2) is 36.4 Å². The molecule has 0 aliphatic heterocycles. The van der Waals surface area contributed by atoms with Gasteiger partial charge in [-0.25, -0.2) is 0 Å². The molecule has 0 saturated carbocycles. The summed E-state index contributed by atoms with van der Waals surface area (Å²) in [7, 11) is 0. The summed E-state index contributed by atoms with van der Waals surface area (Å²) in [5.41, 5.74) is 10.3. The molecule has 3 rings (SSSR count). The van der Waals surface area contributed by atoms with Crippen LogP contribution in [0.2, 0.25) is 5.02 Å². The van der Waals surface area contributed by atoms with Gasteiger partial charge in [0.05, 0.1) is 10.7 Å². The number of hydrogen-bond acceptors (Lipinski definition) is 4. The van der Waals surface area contributed by atoms with Crippen LogP contribution in [0.5, 0.6) is 0 Å². The molecule has 0 spiro atoms. The summed E-state index contributed by atoms with van der Waals surface area (Å²) in [6.45, 7) is 3.94. The molecule has 21 heavy (non-hydrogen) atoms. The Morgan fingerprint density at radius 1 is 1.14 bits per heavy atom. The summed E-state index contributed by atoms with van der Waals surface area (Å²) in [6.07, 6.45) is 0. The Bertz CT molecular complexity index is 793. The highest BCUT2D eigenvalue weighted by Crippen LogP contribution is 2.29. The van der Waals surface area contributed by atoms with Gasteiger partial charge < -0.3 is 5.73 Å². The number of nitrogens with two attached hydrogens (primary N) is 1. The number of tetrazole rings is 1. The molecule has 0 bridgehead atoms. The lowest BCUT2D eigenvalue weighted by Gasteiger charge is -2.10. The monoisotopic (exact) mass is 299 g/mol. The van der Waals surface area contributed by atoms with Crippen molar-refractivity contribution in [3.05, 3.63) is 52.5 Å². The Morgan fingerprint density at radius 3 is 2.76 bits per heavy atom. The number of anilines is 1. The first-order chi connectivity index (χ1) is 10.1. The van der Waals surface area contributed by atoms with Crippen molar-refractivity contribution in [3.63, 3.8) is 0 Å². The van der Waals surface area contributed by atoms with E-state index in [4.69, 9.17) is 17.3 Å². The molecule has 0 amide bonds. The zero-order valence-electron chi connectivity index (χ0n) is 11.7. The van der Waals surface area contributed by atoms with Gasteiger partial charge in [0.2, 0.25) is 0 Å². The van der Waals surface area contributed by atoms with Gasteiger partial charge in [0.25, 0.3) is 0 Å². The fourth-order valence-corrected chi connectivity index (χ4v) is 2.40. The number of nitrogens with zero attached hydrogens (tertiary/aromatic N) is 4. The Morgan fingerprint density at radius 2 is 1.95 bits per heavy atom. The van der Waals surface area contributed by atoms with Crippen LogP contribution in [0.25, 0.3) is 17.1 Å². The van der Waals surface area contributed by atoms with Gasteiger partial charge in [0.1, 0.15) is 0 Å². The number of halogens is 1. The highest BCUT2D eigenvalue weighted by atomic mass is 35.5. The number of nitrogen functional groups attached to an aromatic ring is 1. The normalized spacial score (nSPS) is 10.8. The van der Waals surface area contributed by atoms with E-state index >= 15 is 0 Å². The molecule has 1 heterocycles. The maximum absolute atomic E-state index is 6.28. The van der Waals surface area contributed by atoms with Gasteiger partial charge in [-0.3, -0.25) is 0 Å². The second kappa shape index (κ2) is 5.18. The average molecular weight is 300 g/mol. The van der Waals surface area contributed by atoms with Crippen molar-refractivity contribution in [2.45, 2.75) is 13.8 Å². The zero-order chi connectivity index (χ0) is 15.0. The largest absolute Gasteiger partial charge is 0.398 e. The van der Waals surface area contributed by atoms with Crippen LogP contribution in [0.4, 0.5) is 5.69 Å². The molecule has 3 aromatic rings. The van der Waals surface area contributed by atoms with Crippen molar-refractivity contribution in [1.29, 1.82) is 0 Å². The minimum absolute atomic E-state index is 0.593. The van der Waals surface area contributed by atoms with Crippen molar-refractivity contribution in [2.75, 3.05) is 5.73 Å². The fourth-order valence-electron chi connectivity index (χ4n) is 2.20. The molecule has 0 fully saturated rings. The van der Waals surface area contributed by atoms with Crippen LogP contribution >= 0.6 is 11.6 Å². The van der Waals surface area contributed by atoms with Crippen molar-refractivity contribution < 1.29 is 0 Å². The van der Waals surface area contributed by atoms with Crippen molar-refractivity contribution >= 4 is 17.3 Å². The van der Waals surface area contributed by atoms with E-state index in [1.165, 1.54) is 0 Å². The molecule has 2 N–H and O–H groups in total. The summed E-state index contributed by atoms with van der Waals surface area (Å²) >= 11 is 6.28. The first-order valence-corrected chi connectivity index (χ1v) is 6.86. The van der Waals surface area contributed by atoms with E-state index < -0.39 is 0 Å². The van der Waals surface area contributed by atoms with Crippen LogP contribution in [-0.4, -0.2) is 20.2 Å². The lowest BCUT2D eigenvalue weighted by molar-refractivity contribution is 0.790. The molecule has 0 saturated heterocycles. The molecular weight excluding hydrogens is 286 g/mol. The van der Waals surface area contributed by atoms with E-state index in [2.05, 4.69) is 15.5 Å². The van der Waals surface area contributed by atoms with Crippen LogP contribution in [0.1, 0.15) is 11.1 Å². The maximum atomic E-state index is 6.28. The summed E-state index contributed by atoms with van der Waals surface area (Å²) in [4.78, 5) is 0. The molecule has 5 nitrogen and oxygen atoms in total. The third kappa shape index (κ3) is 2.36. The minimum Gasteiger partial charge on any atom is -0.398 e. The third-order valence-corrected chi connectivity index (χ3v) is 3.74. The Hall–Kier alpha value is -2.40. The molecule has 0 radical (unpaired) electrons. The first-order valence-electron chi connectivity index (χ1n) is 6.48. The standard InChI is InChI=1S/C15H14ClN5/c1-9-6-7-12(16)14(8-9)21-15(18-19-20-21)11-4-3-5-13(17)10(11)2/h3-8H,17H2,1-2H3. The SMILES string of the molecule is Cc1ccc(Cl)c(-n2nnnc2-c2cccc(N)c2C)c1. The minimum atomic E-state index is 0.593. The van der Waals surface area contributed by atoms with Crippen LogP contribution in [-0.2, 0) is 0 Å². The first kappa shape index (κ1) is 13.6. The molecule has 0 unspecified atom stereocenters. The fraction of sp³-hybridized carbons (Fsp3) is 0.133. The zero-order valence-corrected chi connectivity index (χ0v) is 12.5. The second-order valence-corrected chi connectivity index (χ2v) is 5.30. The van der Waals surface area contributed by atoms with E-state index in [-0.39, 0.29) is 0 Å². The van der Waals surface area contributed by atoms with Crippen molar-refractivity contribution in [2.24, 2.45) is 0 Å². The number of aryl methyl sites for hydroxylation is 1. The van der Waals surface area contributed by atoms with Gasteiger partial charge in [0, 0.05) is 11.3 Å². The number of benzene rings is 2. The maximum Gasteiger partial charge on any atom is 0.187 e. The Labute approximate surface area is 127 Å². The lowest BCUT2D eigenvalue weighted by Crippen LogP contribution is -2.03. The quantitative estimate of drug-likeness (QED) is 0.738. The molecule has 2 aromatic carbocycles. The molecule has 0 aliphatic carbocycles. The van der Waals surface area contributed by atoms with E-state index in [0.29, 0.717) is 16.5 Å². The predicted molar refractivity (Wildman–Crippen MR) is 83.5 cm³/mol. The molecule has 106 valence electrons. The van der Waals surface area contributed by atoms with Gasteiger partial charge >= 0.3 is 0 Å². The van der Waals surface area contributed by atoms with Crippen LogP contribution in [0, 0.1) is 13.8 Å². The topological polar surface area (TPSA) is 69.6 Å². The Kier molecular flexibility index (Phi) is 3.35. The van der Waals surface area contributed by atoms with E-state index in [9.17, 15) is 0 Å². The van der Waals surface area contributed by atoms with Gasteiger partial charge in [0.15, 0.2) is 5.82 Å². The van der Waals surface area contributed by atoms with Crippen molar-refractivity contribution in [3.8, 4) is 17.1 Å². The lowest BCUT2D eigenvalue weighted by atomic mass is 10.1. The number of rotatable bonds is 2. The Balaban J connectivity index is 2.22. The predicted octanol–water partition coefficient (Wildman–Crippen LogP) is 3.18. The third-order valence-electron chi connectivity index (χ3n) is 3.42. The molecule has 1 aromatic heterocycles. The van der Waals surface area contributed by atoms with E-state index in [1.54, 1.807) is 4.68 Å². The highest BCUT2D eigenvalue weighted by Gasteiger charge is 2.16. The van der Waals surface area contributed by atoms with Crippen molar-refractivity contribution in [1.82, 2.24) is 20.2 Å². The summed E-state index contributed by atoms with van der Waals surface area (Å²) in [5, 5.41) is 12.6. The smallest absolute Gasteiger partial charge is 0.187 e. The number of hydrogen-bond donors (Lipinski definition) is 1. The van der Waals surface area contributed by atoms with Crippen LogP contribution < -0.4 is 5.73 Å². The van der Waals surface area contributed by atoms with Gasteiger partial charge in [-0.1, -0.05) is 29.8 Å².